The summed E-state index contributed by atoms with van der Waals surface area (Å²) < 4.78 is 17.7. The topological polar surface area (TPSA) is 84.6 Å². The van der Waals surface area contributed by atoms with E-state index in [4.69, 9.17) is 11.6 Å². The molecule has 1 saturated carbocycles. The van der Waals surface area contributed by atoms with E-state index in [0.29, 0.717) is 39.8 Å². The highest BCUT2D eigenvalue weighted by atomic mass is 35.5. The lowest BCUT2D eigenvalue weighted by Crippen LogP contribution is -2.29. The van der Waals surface area contributed by atoms with Gasteiger partial charge < -0.3 is 9.55 Å². The van der Waals surface area contributed by atoms with Crippen LogP contribution in [0.4, 0.5) is 4.39 Å². The van der Waals surface area contributed by atoms with Crippen LogP contribution in [0.1, 0.15) is 49.3 Å². The number of likely N-dealkylation sites (tertiary alicyclic amines) is 1. The number of hydrogen-bond acceptors (Lipinski definition) is 5. The summed E-state index contributed by atoms with van der Waals surface area (Å²) in [5.74, 6) is 0.971. The number of rotatable bonds is 6. The molecule has 1 aliphatic heterocycles. The van der Waals surface area contributed by atoms with Gasteiger partial charge in [-0.2, -0.15) is 0 Å². The third kappa shape index (κ3) is 4.63. The van der Waals surface area contributed by atoms with Gasteiger partial charge in [0.2, 0.25) is 0 Å². The summed E-state index contributed by atoms with van der Waals surface area (Å²) >= 11 is 6.54. The molecule has 5 heterocycles. The molecule has 8 nitrogen and oxygen atoms in total. The van der Waals surface area contributed by atoms with Gasteiger partial charge in [0.25, 0.3) is 5.56 Å². The highest BCUT2D eigenvalue weighted by Crippen LogP contribution is 2.43. The summed E-state index contributed by atoms with van der Waals surface area (Å²) in [4.78, 5) is 24.3. The molecule has 0 atom stereocenters. The van der Waals surface area contributed by atoms with E-state index in [1.807, 2.05) is 12.3 Å². The smallest absolute Gasteiger partial charge is 0.280 e. The first-order valence-electron chi connectivity index (χ1n) is 13.8. The number of benzene rings is 1. The molecule has 0 radical (unpaired) electrons. The van der Waals surface area contributed by atoms with Gasteiger partial charge in [0.15, 0.2) is 5.82 Å². The Labute approximate surface area is 235 Å². The fourth-order valence-corrected chi connectivity index (χ4v) is 6.07. The summed E-state index contributed by atoms with van der Waals surface area (Å²) in [6.07, 6.45) is 9.42. The maximum absolute atomic E-state index is 14.3. The van der Waals surface area contributed by atoms with Crippen LogP contribution in [-0.4, -0.2) is 47.3 Å². The molecule has 204 valence electrons. The van der Waals surface area contributed by atoms with Crippen molar-refractivity contribution in [1.82, 2.24) is 34.2 Å². The van der Waals surface area contributed by atoms with Crippen molar-refractivity contribution in [3.63, 3.8) is 0 Å². The maximum Gasteiger partial charge on any atom is 0.280 e. The number of hydrogen-bond donors (Lipinski definition) is 1. The van der Waals surface area contributed by atoms with Crippen LogP contribution in [0, 0.1) is 5.82 Å². The van der Waals surface area contributed by atoms with Crippen LogP contribution < -0.4 is 5.56 Å². The Morgan fingerprint density at radius 3 is 2.65 bits per heavy atom. The maximum atomic E-state index is 14.3. The molecule has 0 spiro atoms. The summed E-state index contributed by atoms with van der Waals surface area (Å²) in [6, 6.07) is 10.2. The Bertz CT molecular complexity index is 1800. The molecule has 4 aromatic heterocycles. The van der Waals surface area contributed by atoms with Crippen LogP contribution in [-0.2, 0) is 13.6 Å². The van der Waals surface area contributed by atoms with Crippen LogP contribution in [0.5, 0.6) is 0 Å². The van der Waals surface area contributed by atoms with Crippen LogP contribution in [0.25, 0.3) is 39.2 Å². The number of halogens is 2. The summed E-state index contributed by atoms with van der Waals surface area (Å²) in [5, 5.41) is 9.37. The van der Waals surface area contributed by atoms with Gasteiger partial charge >= 0.3 is 0 Å². The number of aromatic nitrogens is 6. The molecule has 0 bridgehead atoms. The van der Waals surface area contributed by atoms with Crippen molar-refractivity contribution in [2.24, 2.45) is 7.05 Å². The summed E-state index contributed by atoms with van der Waals surface area (Å²) in [6.45, 7) is 2.99. The van der Waals surface area contributed by atoms with Gasteiger partial charge in [-0.1, -0.05) is 24.1 Å². The second-order valence-electron chi connectivity index (χ2n) is 10.9. The van der Waals surface area contributed by atoms with Crippen molar-refractivity contribution in [2.75, 3.05) is 13.1 Å². The number of aryl methyl sites for hydroxylation is 1. The number of nitrogens with one attached hydrogen (secondary N) is 1. The molecule has 2 fully saturated rings. The quantitative estimate of drug-likeness (QED) is 0.265. The van der Waals surface area contributed by atoms with Crippen LogP contribution >= 0.6 is 11.6 Å². The molecular formula is C30H29ClFN7O. The lowest BCUT2D eigenvalue weighted by molar-refractivity contribution is 0.219. The van der Waals surface area contributed by atoms with Crippen molar-refractivity contribution >= 4 is 22.5 Å². The largest absolute Gasteiger partial charge is 0.353 e. The Hall–Kier alpha value is -3.82. The predicted molar refractivity (Wildman–Crippen MR) is 153 cm³/mol. The number of H-pyrrole nitrogens is 1. The van der Waals surface area contributed by atoms with E-state index < -0.39 is 0 Å². The second kappa shape index (κ2) is 9.98. The molecule has 1 saturated heterocycles. The predicted octanol–water partition coefficient (Wildman–Crippen LogP) is 5.83. The second-order valence-corrected chi connectivity index (χ2v) is 11.3. The molecule has 0 amide bonds. The van der Waals surface area contributed by atoms with E-state index in [1.54, 1.807) is 34.6 Å². The Morgan fingerprint density at radius 2 is 1.90 bits per heavy atom. The molecule has 2 aliphatic rings. The molecule has 1 aliphatic carbocycles. The lowest BCUT2D eigenvalue weighted by Gasteiger charge is -2.25. The average molecular weight is 558 g/mol. The molecule has 1 N–H and O–H groups in total. The zero-order valence-corrected chi connectivity index (χ0v) is 23.0. The number of aromatic amines is 1. The van der Waals surface area contributed by atoms with Crippen molar-refractivity contribution in [1.29, 1.82) is 0 Å². The van der Waals surface area contributed by atoms with Gasteiger partial charge in [0.1, 0.15) is 28.6 Å². The standard InChI is InChI=1S/C30H29ClFN7O/c1-37-17-33-36-29(37)24-13-20(32)7-8-22(24)19-11-26(31)35-27(12-19)39-16-25(18-5-6-18)23-14-21(34-28(23)30(39)40)15-38-9-3-2-4-10-38/h7-8,11-14,16-18,34H,2-6,9-10,15H2,1H3. The average Bonchev–Trinajstić information content (AvgIpc) is 3.56. The molecule has 1 aromatic carbocycles. The fourth-order valence-electron chi connectivity index (χ4n) is 5.87. The van der Waals surface area contributed by atoms with Gasteiger partial charge in [0.05, 0.1) is 0 Å². The first-order valence-corrected chi connectivity index (χ1v) is 14.1. The minimum Gasteiger partial charge on any atom is -0.353 e. The van der Waals surface area contributed by atoms with Gasteiger partial charge in [0, 0.05) is 36.4 Å². The van der Waals surface area contributed by atoms with E-state index >= 15 is 0 Å². The number of piperidine rings is 1. The third-order valence-corrected chi connectivity index (χ3v) is 8.21. The van der Waals surface area contributed by atoms with Gasteiger partial charge in [-0.25, -0.2) is 9.37 Å². The van der Waals surface area contributed by atoms with Crippen molar-refractivity contribution in [3.05, 3.63) is 81.5 Å². The van der Waals surface area contributed by atoms with Gasteiger partial charge in [-0.15, -0.1) is 10.2 Å². The molecular weight excluding hydrogens is 529 g/mol. The first-order chi connectivity index (χ1) is 19.4. The third-order valence-electron chi connectivity index (χ3n) is 8.02. The van der Waals surface area contributed by atoms with E-state index in [0.717, 1.165) is 49.1 Å². The van der Waals surface area contributed by atoms with Gasteiger partial charge in [-0.3, -0.25) is 14.3 Å². The first kappa shape index (κ1) is 25.2. The minimum absolute atomic E-state index is 0.169. The number of nitrogens with zero attached hydrogens (tertiary/aromatic N) is 6. The summed E-state index contributed by atoms with van der Waals surface area (Å²) in [7, 11) is 1.80. The highest BCUT2D eigenvalue weighted by molar-refractivity contribution is 6.29. The Kier molecular flexibility index (Phi) is 6.28. The molecule has 10 heteroatoms. The molecule has 5 aromatic rings. The monoisotopic (exact) mass is 557 g/mol. The van der Waals surface area contributed by atoms with Crippen molar-refractivity contribution < 1.29 is 4.39 Å². The SMILES string of the molecule is Cn1cnnc1-c1cc(F)ccc1-c1cc(Cl)nc(-n2cc(C3CC3)c3cc(CN4CCCCC4)[nH]c3c2=O)c1. The van der Waals surface area contributed by atoms with Crippen molar-refractivity contribution in [3.8, 4) is 28.3 Å². The zero-order chi connectivity index (χ0) is 27.4. The zero-order valence-electron chi connectivity index (χ0n) is 22.2. The molecule has 40 heavy (non-hydrogen) atoms. The van der Waals surface area contributed by atoms with E-state index in [2.05, 4.69) is 31.1 Å². The van der Waals surface area contributed by atoms with Crippen LogP contribution in [0.2, 0.25) is 5.15 Å². The molecule has 7 rings (SSSR count). The van der Waals surface area contributed by atoms with E-state index in [9.17, 15) is 9.18 Å². The Morgan fingerprint density at radius 1 is 1.07 bits per heavy atom. The van der Waals surface area contributed by atoms with Crippen LogP contribution in [0.15, 0.2) is 53.7 Å². The summed E-state index contributed by atoms with van der Waals surface area (Å²) in [5.41, 5.74) is 4.63. The molecule has 0 unspecified atom stereocenters. The van der Waals surface area contributed by atoms with E-state index in [-0.39, 0.29) is 16.5 Å². The van der Waals surface area contributed by atoms with Gasteiger partial charge in [-0.05, 0) is 91.7 Å². The minimum atomic E-state index is -0.384. The number of fused-ring (bicyclic) bond motifs is 1. The normalized spacial score (nSPS) is 16.2. The van der Waals surface area contributed by atoms with E-state index in [1.165, 1.54) is 31.4 Å². The fraction of sp³-hybridized carbons (Fsp3) is 0.333. The van der Waals surface area contributed by atoms with Crippen molar-refractivity contribution in [2.45, 2.75) is 44.6 Å². The lowest BCUT2D eigenvalue weighted by atomic mass is 9.99. The van der Waals surface area contributed by atoms with Crippen LogP contribution in [0.3, 0.4) is 0 Å². The number of pyridine rings is 2. The Balaban J connectivity index is 1.35. The highest BCUT2D eigenvalue weighted by Gasteiger charge is 2.28.